The first-order valence-electron chi connectivity index (χ1n) is 9.16. The highest BCUT2D eigenvalue weighted by Gasteiger charge is 2.41. The van der Waals surface area contributed by atoms with Gasteiger partial charge in [-0.3, -0.25) is 0 Å². The van der Waals surface area contributed by atoms with Gasteiger partial charge in [-0.2, -0.15) is 0 Å². The zero-order chi connectivity index (χ0) is 17.3. The molecule has 24 heavy (non-hydrogen) atoms. The minimum atomic E-state index is -0.808. The molecular weight excluding hydrogens is 302 g/mol. The second-order valence-electron chi connectivity index (χ2n) is 7.84. The monoisotopic (exact) mass is 331 g/mol. The molecule has 1 aromatic carbocycles. The number of amides is 1. The van der Waals surface area contributed by atoms with Crippen LogP contribution in [0.5, 0.6) is 0 Å². The van der Waals surface area contributed by atoms with Gasteiger partial charge in [0, 0.05) is 6.04 Å². The van der Waals surface area contributed by atoms with Crippen molar-refractivity contribution in [3.63, 3.8) is 0 Å². The van der Waals surface area contributed by atoms with Crippen molar-refractivity contribution in [1.29, 1.82) is 0 Å². The van der Waals surface area contributed by atoms with E-state index in [0.717, 1.165) is 23.5 Å². The average molecular weight is 331 g/mol. The summed E-state index contributed by atoms with van der Waals surface area (Å²) < 4.78 is 5.65. The number of nitrogens with one attached hydrogen (secondary N) is 1. The lowest BCUT2D eigenvalue weighted by atomic mass is 9.93. The number of carbonyl (C=O) groups excluding carboxylic acids is 1. The topological polar surface area (TPSA) is 58.6 Å². The number of benzene rings is 1. The summed E-state index contributed by atoms with van der Waals surface area (Å²) >= 11 is 0. The van der Waals surface area contributed by atoms with Gasteiger partial charge < -0.3 is 15.2 Å². The standard InChI is InChI=1S/C20H29NO3/c1-12(2)19(18(22)16-7-5-4-6-13(16)3)24-20(23)21-17-11-14-8-9-15(17)10-14/h4-7,12,14-15,17-19,22H,8-11H2,1-3H3,(H,21,23). The van der Waals surface area contributed by atoms with Crippen LogP contribution in [0.3, 0.4) is 0 Å². The summed E-state index contributed by atoms with van der Waals surface area (Å²) in [6.07, 6.45) is 3.09. The molecule has 3 rings (SSSR count). The predicted octanol–water partition coefficient (Wildman–Crippen LogP) is 3.97. The first-order chi connectivity index (χ1) is 11.5. The highest BCUT2D eigenvalue weighted by atomic mass is 16.6. The highest BCUT2D eigenvalue weighted by Crippen LogP contribution is 2.44. The summed E-state index contributed by atoms with van der Waals surface area (Å²) in [5.41, 5.74) is 1.83. The molecule has 2 bridgehead atoms. The van der Waals surface area contributed by atoms with Gasteiger partial charge in [-0.25, -0.2) is 4.79 Å². The van der Waals surface area contributed by atoms with Gasteiger partial charge in [0.25, 0.3) is 0 Å². The maximum Gasteiger partial charge on any atom is 0.407 e. The maximum absolute atomic E-state index is 12.4. The third-order valence-electron chi connectivity index (χ3n) is 5.76. The summed E-state index contributed by atoms with van der Waals surface area (Å²) in [4.78, 5) is 12.4. The molecule has 132 valence electrons. The van der Waals surface area contributed by atoms with E-state index in [9.17, 15) is 9.90 Å². The minimum Gasteiger partial charge on any atom is -0.443 e. The Morgan fingerprint density at radius 2 is 2.00 bits per heavy atom. The van der Waals surface area contributed by atoms with E-state index in [1.807, 2.05) is 45.0 Å². The summed E-state index contributed by atoms with van der Waals surface area (Å²) in [5.74, 6) is 1.42. The van der Waals surface area contributed by atoms with Crippen LogP contribution in [0, 0.1) is 24.7 Å². The first-order valence-corrected chi connectivity index (χ1v) is 9.16. The molecule has 4 heteroatoms. The van der Waals surface area contributed by atoms with Crippen molar-refractivity contribution in [2.75, 3.05) is 0 Å². The smallest absolute Gasteiger partial charge is 0.407 e. The molecule has 4 nitrogen and oxygen atoms in total. The normalized spacial score (nSPS) is 28.0. The Morgan fingerprint density at radius 1 is 1.25 bits per heavy atom. The molecule has 5 unspecified atom stereocenters. The van der Waals surface area contributed by atoms with Crippen molar-refractivity contribution in [3.05, 3.63) is 35.4 Å². The van der Waals surface area contributed by atoms with E-state index in [-0.39, 0.29) is 18.1 Å². The lowest BCUT2D eigenvalue weighted by Gasteiger charge is -2.29. The zero-order valence-corrected chi connectivity index (χ0v) is 14.9. The van der Waals surface area contributed by atoms with Crippen molar-refractivity contribution < 1.29 is 14.6 Å². The molecule has 0 heterocycles. The fraction of sp³-hybridized carbons (Fsp3) is 0.650. The largest absolute Gasteiger partial charge is 0.443 e. The van der Waals surface area contributed by atoms with Crippen LogP contribution >= 0.6 is 0 Å². The molecule has 5 atom stereocenters. The Morgan fingerprint density at radius 3 is 2.58 bits per heavy atom. The van der Waals surface area contributed by atoms with Crippen molar-refractivity contribution in [1.82, 2.24) is 5.32 Å². The number of aliphatic hydroxyl groups is 1. The fourth-order valence-electron chi connectivity index (χ4n) is 4.39. The number of alkyl carbamates (subject to hydrolysis) is 1. The molecule has 2 N–H and O–H groups in total. The Kier molecular flexibility index (Phi) is 5.14. The van der Waals surface area contributed by atoms with Crippen LogP contribution in [-0.4, -0.2) is 23.3 Å². The predicted molar refractivity (Wildman–Crippen MR) is 93.6 cm³/mol. The van der Waals surface area contributed by atoms with Crippen LogP contribution in [0.15, 0.2) is 24.3 Å². The van der Waals surface area contributed by atoms with Crippen LogP contribution in [0.4, 0.5) is 4.79 Å². The van der Waals surface area contributed by atoms with Crippen molar-refractivity contribution in [3.8, 4) is 0 Å². The van der Waals surface area contributed by atoms with Gasteiger partial charge in [-0.1, -0.05) is 44.5 Å². The van der Waals surface area contributed by atoms with E-state index in [1.165, 1.54) is 19.3 Å². The minimum absolute atomic E-state index is 0.0328. The molecule has 2 fully saturated rings. The number of aryl methyl sites for hydroxylation is 1. The Labute approximate surface area is 144 Å². The molecule has 0 aromatic heterocycles. The summed E-state index contributed by atoms with van der Waals surface area (Å²) in [7, 11) is 0. The van der Waals surface area contributed by atoms with Crippen LogP contribution in [-0.2, 0) is 4.74 Å². The second-order valence-corrected chi connectivity index (χ2v) is 7.84. The summed E-state index contributed by atoms with van der Waals surface area (Å²) in [5, 5.41) is 13.8. The molecule has 1 aromatic rings. The Bertz CT molecular complexity index is 586. The van der Waals surface area contributed by atoms with Gasteiger partial charge in [0.2, 0.25) is 0 Å². The van der Waals surface area contributed by atoms with Gasteiger partial charge in [-0.15, -0.1) is 0 Å². The van der Waals surface area contributed by atoms with Crippen molar-refractivity contribution >= 4 is 6.09 Å². The zero-order valence-electron chi connectivity index (χ0n) is 14.9. The van der Waals surface area contributed by atoms with E-state index in [1.54, 1.807) is 0 Å². The molecule has 0 saturated heterocycles. The molecule has 0 aliphatic heterocycles. The molecular formula is C20H29NO3. The van der Waals surface area contributed by atoms with Crippen molar-refractivity contribution in [2.24, 2.45) is 17.8 Å². The fourth-order valence-corrected chi connectivity index (χ4v) is 4.39. The van der Waals surface area contributed by atoms with Crippen LogP contribution in [0.25, 0.3) is 0 Å². The van der Waals surface area contributed by atoms with Gasteiger partial charge in [0.15, 0.2) is 0 Å². The lowest BCUT2D eigenvalue weighted by Crippen LogP contribution is -2.42. The number of hydrogen-bond donors (Lipinski definition) is 2. The number of carbonyl (C=O) groups is 1. The number of fused-ring (bicyclic) bond motifs is 2. The van der Waals surface area contributed by atoms with Crippen LogP contribution in [0.1, 0.15) is 56.8 Å². The summed E-state index contributed by atoms with van der Waals surface area (Å²) in [6, 6.07) is 7.95. The second kappa shape index (κ2) is 7.14. The molecule has 0 spiro atoms. The molecule has 1 amide bonds. The molecule has 2 aliphatic carbocycles. The third-order valence-corrected chi connectivity index (χ3v) is 5.76. The van der Waals surface area contributed by atoms with E-state index in [4.69, 9.17) is 4.74 Å². The third kappa shape index (κ3) is 3.59. The lowest BCUT2D eigenvalue weighted by molar-refractivity contribution is -0.0246. The maximum atomic E-state index is 12.4. The SMILES string of the molecule is Cc1ccccc1C(O)C(OC(=O)NC1CC2CCC1C2)C(C)C. The van der Waals surface area contributed by atoms with Crippen LogP contribution in [0.2, 0.25) is 0 Å². The molecule has 2 aliphatic rings. The Hall–Kier alpha value is -1.55. The van der Waals surface area contributed by atoms with E-state index in [2.05, 4.69) is 5.32 Å². The Balaban J connectivity index is 1.63. The van der Waals surface area contributed by atoms with Crippen LogP contribution < -0.4 is 5.32 Å². The summed E-state index contributed by atoms with van der Waals surface area (Å²) in [6.45, 7) is 5.90. The highest BCUT2D eigenvalue weighted by molar-refractivity contribution is 5.68. The van der Waals surface area contributed by atoms with E-state index >= 15 is 0 Å². The van der Waals surface area contributed by atoms with Gasteiger partial charge in [-0.05, 0) is 55.1 Å². The molecule has 0 radical (unpaired) electrons. The van der Waals surface area contributed by atoms with Crippen molar-refractivity contribution in [2.45, 2.75) is 64.7 Å². The van der Waals surface area contributed by atoms with Gasteiger partial charge in [0.1, 0.15) is 12.2 Å². The first kappa shape index (κ1) is 17.3. The van der Waals surface area contributed by atoms with Gasteiger partial charge >= 0.3 is 6.09 Å². The number of hydrogen-bond acceptors (Lipinski definition) is 3. The molecule has 2 saturated carbocycles. The average Bonchev–Trinajstić information content (AvgIpc) is 3.15. The number of ether oxygens (including phenoxy) is 1. The van der Waals surface area contributed by atoms with Gasteiger partial charge in [0.05, 0.1) is 0 Å². The van der Waals surface area contributed by atoms with E-state index in [0.29, 0.717) is 5.92 Å². The number of rotatable bonds is 5. The number of aliphatic hydroxyl groups excluding tert-OH is 1. The van der Waals surface area contributed by atoms with E-state index < -0.39 is 12.2 Å². The quantitative estimate of drug-likeness (QED) is 0.858.